The highest BCUT2D eigenvalue weighted by Crippen LogP contribution is 2.32. The number of carbonyl (C=O) groups is 1. The Morgan fingerprint density at radius 1 is 1.34 bits per heavy atom. The topological polar surface area (TPSA) is 79.1 Å². The van der Waals surface area contributed by atoms with Gasteiger partial charge in [-0.1, -0.05) is 0 Å². The number of carbonyl (C=O) groups excluding carboxylic acids is 1. The smallest absolute Gasteiger partial charge is 0.264 e. The van der Waals surface area contributed by atoms with E-state index in [0.29, 0.717) is 22.9 Å². The normalized spacial score (nSPS) is 19.0. The predicted molar refractivity (Wildman–Crippen MR) is 113 cm³/mol. The van der Waals surface area contributed by atoms with Gasteiger partial charge in [0.05, 0.1) is 29.4 Å². The number of thiophene rings is 1. The van der Waals surface area contributed by atoms with Gasteiger partial charge >= 0.3 is 0 Å². The van der Waals surface area contributed by atoms with E-state index in [1.54, 1.807) is 17.8 Å². The molecule has 4 heterocycles. The van der Waals surface area contributed by atoms with Crippen molar-refractivity contribution in [2.24, 2.45) is 0 Å². The molecule has 0 spiro atoms. The first-order valence-corrected chi connectivity index (χ1v) is 11.2. The summed E-state index contributed by atoms with van der Waals surface area (Å²) in [6.45, 7) is 4.40. The number of rotatable bonds is 4. The molecule has 29 heavy (non-hydrogen) atoms. The number of hydrogen-bond acceptors (Lipinski definition) is 7. The second kappa shape index (κ2) is 8.31. The zero-order valence-electron chi connectivity index (χ0n) is 16.2. The van der Waals surface area contributed by atoms with E-state index >= 15 is 0 Å². The van der Waals surface area contributed by atoms with Crippen LogP contribution in [0.15, 0.2) is 34.6 Å². The van der Waals surface area contributed by atoms with Gasteiger partial charge in [0.2, 0.25) is 5.88 Å². The summed E-state index contributed by atoms with van der Waals surface area (Å²) in [6.07, 6.45) is 3.12. The molecule has 3 aromatic rings. The molecule has 6 nitrogen and oxygen atoms in total. The van der Waals surface area contributed by atoms with Crippen LogP contribution in [0.5, 0.6) is 5.88 Å². The first kappa shape index (κ1) is 19.6. The van der Waals surface area contributed by atoms with E-state index in [1.165, 1.54) is 22.7 Å². The quantitative estimate of drug-likeness (QED) is 0.615. The number of pyridine rings is 1. The molecule has 1 fully saturated rings. The van der Waals surface area contributed by atoms with Crippen molar-refractivity contribution in [3.05, 3.63) is 50.6 Å². The number of piperidine rings is 1. The molecule has 0 aliphatic carbocycles. The number of amides is 1. The third kappa shape index (κ3) is 3.88. The van der Waals surface area contributed by atoms with Gasteiger partial charge in [0.25, 0.3) is 5.91 Å². The minimum absolute atomic E-state index is 0.0132. The van der Waals surface area contributed by atoms with Crippen LogP contribution >= 0.6 is 22.7 Å². The molecule has 1 aliphatic rings. The lowest BCUT2D eigenvalue weighted by Crippen LogP contribution is -2.49. The van der Waals surface area contributed by atoms with E-state index < -0.39 is 0 Å². The predicted octanol–water partition coefficient (Wildman–Crippen LogP) is 4.52. The molecule has 0 unspecified atom stereocenters. The molecule has 0 bridgehead atoms. The van der Waals surface area contributed by atoms with Crippen molar-refractivity contribution in [1.29, 1.82) is 5.26 Å². The van der Waals surface area contributed by atoms with E-state index in [0.717, 1.165) is 29.7 Å². The maximum absolute atomic E-state index is 13.4. The number of hydrogen-bond donors (Lipinski definition) is 0. The number of nitriles is 1. The van der Waals surface area contributed by atoms with Gasteiger partial charge in [-0.25, -0.2) is 9.97 Å². The first-order valence-electron chi connectivity index (χ1n) is 9.38. The zero-order valence-corrected chi connectivity index (χ0v) is 17.8. The molecule has 0 saturated carbocycles. The molecule has 1 aliphatic heterocycles. The molecule has 1 amide bonds. The first-order chi connectivity index (χ1) is 14.1. The highest BCUT2D eigenvalue weighted by atomic mass is 32.1. The van der Waals surface area contributed by atoms with Crippen LogP contribution in [0.1, 0.15) is 40.6 Å². The summed E-state index contributed by atoms with van der Waals surface area (Å²) in [6, 6.07) is 5.92. The van der Waals surface area contributed by atoms with Crippen LogP contribution < -0.4 is 4.74 Å². The van der Waals surface area contributed by atoms with Crippen LogP contribution in [0.4, 0.5) is 0 Å². The summed E-state index contributed by atoms with van der Waals surface area (Å²) < 4.78 is 6.11. The summed E-state index contributed by atoms with van der Waals surface area (Å²) in [5, 5.41) is 13.1. The maximum Gasteiger partial charge on any atom is 0.264 e. The Hall–Kier alpha value is -2.76. The third-order valence-electron chi connectivity index (χ3n) is 5.22. The molecular weight excluding hydrogens is 404 g/mol. The fourth-order valence-corrected chi connectivity index (χ4v) is 4.93. The van der Waals surface area contributed by atoms with Gasteiger partial charge in [0, 0.05) is 28.7 Å². The molecule has 0 N–H and O–H groups in total. The van der Waals surface area contributed by atoms with Gasteiger partial charge in [-0.15, -0.1) is 22.7 Å². The fourth-order valence-electron chi connectivity index (χ4n) is 3.52. The van der Waals surface area contributed by atoms with Crippen molar-refractivity contribution in [3.63, 3.8) is 0 Å². The van der Waals surface area contributed by atoms with Gasteiger partial charge in [-0.05, 0) is 44.2 Å². The minimum atomic E-state index is -0.155. The lowest BCUT2D eigenvalue weighted by Gasteiger charge is -2.37. The van der Waals surface area contributed by atoms with E-state index in [1.807, 2.05) is 28.7 Å². The average molecular weight is 425 g/mol. The van der Waals surface area contributed by atoms with Gasteiger partial charge < -0.3 is 9.64 Å². The maximum atomic E-state index is 13.4. The number of aromatic nitrogens is 2. The molecule has 8 heteroatoms. The standard InChI is InChI=1S/C21H20N4O2S2/c1-13-3-4-16(27-20-14(2)15(9-22)5-7-23-20)10-25(13)21(26)19-17(6-8-29-19)18-11-28-12-24-18/h5-8,11-13,16H,3-4,10H2,1-2H3/t13-,16-/m1/s1. The third-order valence-corrected chi connectivity index (χ3v) is 6.71. The van der Waals surface area contributed by atoms with Crippen molar-refractivity contribution in [2.45, 2.75) is 38.8 Å². The Labute approximate surface area is 177 Å². The number of thiazole rings is 1. The molecule has 148 valence electrons. The van der Waals surface area contributed by atoms with Crippen molar-refractivity contribution in [3.8, 4) is 23.2 Å². The SMILES string of the molecule is Cc1c(C#N)ccnc1O[C@@H]1CC[C@@H](C)N(C(=O)c2sccc2-c2cscn2)C1. The largest absolute Gasteiger partial charge is 0.472 e. The molecule has 2 atom stereocenters. The minimum Gasteiger partial charge on any atom is -0.472 e. The monoisotopic (exact) mass is 424 g/mol. The summed E-state index contributed by atoms with van der Waals surface area (Å²) in [5.74, 6) is 0.481. The van der Waals surface area contributed by atoms with Crippen LogP contribution in [-0.2, 0) is 0 Å². The molecular formula is C21H20N4O2S2. The summed E-state index contributed by atoms with van der Waals surface area (Å²) >= 11 is 2.97. The van der Waals surface area contributed by atoms with Crippen molar-refractivity contribution >= 4 is 28.6 Å². The van der Waals surface area contributed by atoms with E-state index in [9.17, 15) is 10.1 Å². The second-order valence-electron chi connectivity index (χ2n) is 7.06. The van der Waals surface area contributed by atoms with Crippen LogP contribution in [0.3, 0.4) is 0 Å². The van der Waals surface area contributed by atoms with Crippen LogP contribution in [0.25, 0.3) is 11.3 Å². The van der Waals surface area contributed by atoms with Crippen molar-refractivity contribution in [2.75, 3.05) is 6.54 Å². The molecule has 0 aromatic carbocycles. The van der Waals surface area contributed by atoms with Crippen LogP contribution in [0, 0.1) is 18.3 Å². The Balaban J connectivity index is 1.54. The lowest BCUT2D eigenvalue weighted by atomic mass is 10.0. The van der Waals surface area contributed by atoms with Crippen molar-refractivity contribution in [1.82, 2.24) is 14.9 Å². The average Bonchev–Trinajstić information content (AvgIpc) is 3.42. The zero-order chi connectivity index (χ0) is 20.4. The van der Waals surface area contributed by atoms with E-state index in [2.05, 4.69) is 23.0 Å². The summed E-state index contributed by atoms with van der Waals surface area (Å²) in [7, 11) is 0. The Morgan fingerprint density at radius 2 is 2.21 bits per heavy atom. The van der Waals surface area contributed by atoms with Gasteiger partial charge in [-0.3, -0.25) is 4.79 Å². The highest BCUT2D eigenvalue weighted by molar-refractivity contribution is 7.12. The fraction of sp³-hybridized carbons (Fsp3) is 0.333. The van der Waals surface area contributed by atoms with E-state index in [4.69, 9.17) is 4.74 Å². The van der Waals surface area contributed by atoms with E-state index in [-0.39, 0.29) is 18.1 Å². The number of nitrogens with zero attached hydrogens (tertiary/aromatic N) is 4. The lowest BCUT2D eigenvalue weighted by molar-refractivity contribution is 0.0375. The molecule has 0 radical (unpaired) electrons. The van der Waals surface area contributed by atoms with Crippen LogP contribution in [-0.4, -0.2) is 39.5 Å². The second-order valence-corrected chi connectivity index (χ2v) is 8.70. The Morgan fingerprint density at radius 3 is 2.97 bits per heavy atom. The highest BCUT2D eigenvalue weighted by Gasteiger charge is 2.33. The molecule has 1 saturated heterocycles. The van der Waals surface area contributed by atoms with Gasteiger partial charge in [0.15, 0.2) is 0 Å². The summed E-state index contributed by atoms with van der Waals surface area (Å²) in [4.78, 5) is 24.6. The van der Waals surface area contributed by atoms with Gasteiger partial charge in [-0.2, -0.15) is 5.26 Å². The number of likely N-dealkylation sites (tertiary alicyclic amines) is 1. The Kier molecular flexibility index (Phi) is 5.60. The molecule has 3 aromatic heterocycles. The van der Waals surface area contributed by atoms with Crippen molar-refractivity contribution < 1.29 is 9.53 Å². The van der Waals surface area contributed by atoms with Gasteiger partial charge in [0.1, 0.15) is 11.0 Å². The molecule has 4 rings (SSSR count). The number of ether oxygens (including phenoxy) is 1. The van der Waals surface area contributed by atoms with Crippen LogP contribution in [0.2, 0.25) is 0 Å². The summed E-state index contributed by atoms with van der Waals surface area (Å²) in [5.41, 5.74) is 4.79. The Bertz CT molecular complexity index is 1060.